The Morgan fingerprint density at radius 3 is 1.67 bits per heavy atom. The lowest BCUT2D eigenvalue weighted by Crippen LogP contribution is -2.30. The number of nitrogens with one attached hydrogen (secondary N) is 1. The molecular formula is C29H43NO3. The van der Waals surface area contributed by atoms with E-state index in [1.807, 2.05) is 12.1 Å². The highest BCUT2D eigenvalue weighted by Gasteiger charge is 2.33. The van der Waals surface area contributed by atoms with Gasteiger partial charge in [-0.1, -0.05) is 86.1 Å². The molecule has 3 N–H and O–H groups in total. The second-order valence-electron chi connectivity index (χ2n) is 11.5. The van der Waals surface area contributed by atoms with E-state index in [2.05, 4.69) is 72.8 Å². The van der Waals surface area contributed by atoms with Crippen molar-refractivity contribution in [2.75, 3.05) is 6.54 Å². The van der Waals surface area contributed by atoms with Crippen molar-refractivity contribution >= 4 is 5.91 Å². The first kappa shape index (κ1) is 26.8. The molecule has 0 spiro atoms. The smallest absolute Gasteiger partial charge is 0.220 e. The summed E-state index contributed by atoms with van der Waals surface area (Å²) in [5.41, 5.74) is 2.97. The predicted octanol–water partition coefficient (Wildman–Crippen LogP) is 6.70. The summed E-state index contributed by atoms with van der Waals surface area (Å²) in [6, 6.07) is 11.6. The van der Waals surface area contributed by atoms with Gasteiger partial charge in [-0.3, -0.25) is 4.79 Å². The van der Waals surface area contributed by atoms with Crippen molar-refractivity contribution in [3.8, 4) is 11.5 Å². The summed E-state index contributed by atoms with van der Waals surface area (Å²) in [4.78, 5) is 12.6. The molecule has 4 heteroatoms. The van der Waals surface area contributed by atoms with Crippen molar-refractivity contribution in [3.05, 3.63) is 58.7 Å². The zero-order valence-corrected chi connectivity index (χ0v) is 21.8. The van der Waals surface area contributed by atoms with Gasteiger partial charge in [-0.15, -0.1) is 0 Å². The van der Waals surface area contributed by atoms with E-state index >= 15 is 0 Å². The van der Waals surface area contributed by atoms with Crippen molar-refractivity contribution in [1.29, 1.82) is 0 Å². The van der Waals surface area contributed by atoms with Crippen LogP contribution < -0.4 is 5.32 Å². The van der Waals surface area contributed by atoms with E-state index in [0.29, 0.717) is 19.4 Å². The lowest BCUT2D eigenvalue weighted by Gasteiger charge is -2.34. The summed E-state index contributed by atoms with van der Waals surface area (Å²) < 4.78 is 0. The molecule has 0 radical (unpaired) electrons. The van der Waals surface area contributed by atoms with Crippen molar-refractivity contribution in [2.24, 2.45) is 0 Å². The second-order valence-corrected chi connectivity index (χ2v) is 11.5. The molecule has 0 aliphatic heterocycles. The van der Waals surface area contributed by atoms with Crippen LogP contribution in [0, 0.1) is 0 Å². The van der Waals surface area contributed by atoms with Gasteiger partial charge in [0.05, 0.1) is 0 Å². The molecule has 0 atom stereocenters. The van der Waals surface area contributed by atoms with E-state index in [9.17, 15) is 15.0 Å². The Labute approximate surface area is 200 Å². The van der Waals surface area contributed by atoms with Gasteiger partial charge in [-0.2, -0.15) is 0 Å². The van der Waals surface area contributed by atoms with Crippen molar-refractivity contribution in [3.63, 3.8) is 0 Å². The lowest BCUT2D eigenvalue weighted by atomic mass is 9.70. The molecule has 0 bridgehead atoms. The maximum atomic E-state index is 12.6. The van der Waals surface area contributed by atoms with E-state index < -0.39 is 5.41 Å². The van der Waals surface area contributed by atoms with Crippen LogP contribution in [0.5, 0.6) is 11.5 Å². The highest BCUT2D eigenvalue weighted by atomic mass is 16.3. The number of carbonyl (C=O) groups is 1. The average molecular weight is 454 g/mol. The number of phenols is 2. The van der Waals surface area contributed by atoms with Gasteiger partial charge in [0, 0.05) is 18.4 Å². The van der Waals surface area contributed by atoms with Crippen LogP contribution in [-0.4, -0.2) is 22.7 Å². The first-order valence-electron chi connectivity index (χ1n) is 12.1. The molecular weight excluding hydrogens is 410 g/mol. The number of phenolic OH excluding ortho intramolecular Hbond substituents is 2. The Balaban J connectivity index is 2.57. The third-order valence-corrected chi connectivity index (χ3v) is 6.59. The second kappa shape index (κ2) is 10.2. The molecule has 0 aliphatic rings. The number of unbranched alkanes of at least 4 members (excludes halogenated alkanes) is 1. The third-order valence-electron chi connectivity index (χ3n) is 6.59. The highest BCUT2D eigenvalue weighted by Crippen LogP contribution is 2.43. The van der Waals surface area contributed by atoms with Crippen LogP contribution in [-0.2, 0) is 21.0 Å². The minimum absolute atomic E-state index is 0.0549. The van der Waals surface area contributed by atoms with Gasteiger partial charge >= 0.3 is 0 Å². The molecule has 0 fully saturated rings. The number of hydrogen-bond donors (Lipinski definition) is 3. The largest absolute Gasteiger partial charge is 0.508 e. The molecule has 0 aliphatic carbocycles. The van der Waals surface area contributed by atoms with E-state index in [1.54, 1.807) is 12.1 Å². The Hall–Kier alpha value is -2.49. The molecule has 1 amide bonds. The SMILES string of the molecule is CCCCNC(=O)CCC(C)(c1ccc(O)c(C(C)(C)C)c1)c1ccc(O)c(C(C)(C)C)c1. The van der Waals surface area contributed by atoms with Gasteiger partial charge in [0.2, 0.25) is 5.91 Å². The van der Waals surface area contributed by atoms with Gasteiger partial charge < -0.3 is 15.5 Å². The molecule has 2 rings (SSSR count). The van der Waals surface area contributed by atoms with E-state index in [1.165, 1.54) is 0 Å². The maximum absolute atomic E-state index is 12.6. The first-order valence-corrected chi connectivity index (χ1v) is 12.1. The van der Waals surface area contributed by atoms with Crippen LogP contribution in [0.2, 0.25) is 0 Å². The average Bonchev–Trinajstić information content (AvgIpc) is 2.71. The quantitative estimate of drug-likeness (QED) is 0.390. The molecule has 0 saturated heterocycles. The first-order chi connectivity index (χ1) is 15.2. The summed E-state index contributed by atoms with van der Waals surface area (Å²) in [6.45, 7) is 17.5. The molecule has 0 aromatic heterocycles. The molecule has 2 aromatic rings. The van der Waals surface area contributed by atoms with Gasteiger partial charge in [0.25, 0.3) is 0 Å². The predicted molar refractivity (Wildman–Crippen MR) is 137 cm³/mol. The Morgan fingerprint density at radius 2 is 1.27 bits per heavy atom. The van der Waals surface area contributed by atoms with Gasteiger partial charge in [-0.05, 0) is 58.1 Å². The fourth-order valence-electron chi connectivity index (χ4n) is 4.27. The lowest BCUT2D eigenvalue weighted by molar-refractivity contribution is -0.121. The van der Waals surface area contributed by atoms with Crippen molar-refractivity contribution in [2.45, 2.75) is 97.3 Å². The summed E-state index contributed by atoms with van der Waals surface area (Å²) in [6.07, 6.45) is 3.04. The monoisotopic (exact) mass is 453 g/mol. The van der Waals surface area contributed by atoms with E-state index in [0.717, 1.165) is 35.1 Å². The van der Waals surface area contributed by atoms with Gasteiger partial charge in [0.15, 0.2) is 0 Å². The van der Waals surface area contributed by atoms with Crippen LogP contribution in [0.1, 0.15) is 103 Å². The molecule has 4 nitrogen and oxygen atoms in total. The third kappa shape index (κ3) is 6.52. The van der Waals surface area contributed by atoms with Crippen LogP contribution in [0.25, 0.3) is 0 Å². The summed E-state index contributed by atoms with van der Waals surface area (Å²) >= 11 is 0. The highest BCUT2D eigenvalue weighted by molar-refractivity contribution is 5.76. The molecule has 0 saturated carbocycles. The fourth-order valence-corrected chi connectivity index (χ4v) is 4.27. The minimum Gasteiger partial charge on any atom is -0.508 e. The van der Waals surface area contributed by atoms with Gasteiger partial charge in [-0.25, -0.2) is 0 Å². The Kier molecular flexibility index (Phi) is 8.27. The van der Waals surface area contributed by atoms with E-state index in [-0.39, 0.29) is 28.2 Å². The number of carbonyl (C=O) groups excluding carboxylic acids is 1. The fraction of sp³-hybridized carbons (Fsp3) is 0.552. The summed E-state index contributed by atoms with van der Waals surface area (Å²) in [5, 5.41) is 24.1. The van der Waals surface area contributed by atoms with E-state index in [4.69, 9.17) is 0 Å². The number of hydrogen-bond acceptors (Lipinski definition) is 3. The van der Waals surface area contributed by atoms with Crippen LogP contribution in [0.15, 0.2) is 36.4 Å². The zero-order chi connectivity index (χ0) is 25.0. The summed E-state index contributed by atoms with van der Waals surface area (Å²) in [7, 11) is 0. The summed E-state index contributed by atoms with van der Waals surface area (Å²) in [5.74, 6) is 0.623. The molecule has 2 aromatic carbocycles. The normalized spacial score (nSPS) is 12.6. The molecule has 0 unspecified atom stereocenters. The number of rotatable bonds is 8. The number of benzene rings is 2. The minimum atomic E-state index is -0.469. The Morgan fingerprint density at radius 1 is 0.818 bits per heavy atom. The molecule has 0 heterocycles. The van der Waals surface area contributed by atoms with Crippen LogP contribution >= 0.6 is 0 Å². The van der Waals surface area contributed by atoms with Crippen molar-refractivity contribution < 1.29 is 15.0 Å². The van der Waals surface area contributed by atoms with Crippen LogP contribution in [0.4, 0.5) is 0 Å². The number of amides is 1. The Bertz CT molecular complexity index is 900. The maximum Gasteiger partial charge on any atom is 0.220 e. The standard InChI is InChI=1S/C29H43NO3/c1-9-10-17-30-26(33)15-16-29(8,20-11-13-24(31)22(18-20)27(2,3)4)21-12-14-25(32)23(19-21)28(5,6)7/h11-14,18-19,31-32H,9-10,15-17H2,1-8H3,(H,30,33). The zero-order valence-electron chi connectivity index (χ0n) is 21.8. The van der Waals surface area contributed by atoms with Gasteiger partial charge in [0.1, 0.15) is 11.5 Å². The van der Waals surface area contributed by atoms with Crippen LogP contribution in [0.3, 0.4) is 0 Å². The number of aromatic hydroxyl groups is 2. The van der Waals surface area contributed by atoms with Crippen molar-refractivity contribution in [1.82, 2.24) is 5.32 Å². The molecule has 33 heavy (non-hydrogen) atoms. The molecule has 182 valence electrons. The topological polar surface area (TPSA) is 69.6 Å².